The number of hydrogen-bond acceptors (Lipinski definition) is 2. The minimum absolute atomic E-state index is 0.964. The number of aromatic amines is 2. The van der Waals surface area contributed by atoms with E-state index in [9.17, 15) is 0 Å². The molecule has 0 radical (unpaired) electrons. The molecule has 0 atom stereocenters. The zero-order valence-electron chi connectivity index (χ0n) is 20.3. The fourth-order valence-electron chi connectivity index (χ4n) is 4.82. The number of unbranched alkanes of at least 4 members (excludes halogenated alkanes) is 4. The zero-order chi connectivity index (χ0) is 23.3. The molecule has 0 unspecified atom stereocenters. The van der Waals surface area contributed by atoms with E-state index in [1.54, 1.807) is 0 Å². The Labute approximate surface area is 201 Å². The van der Waals surface area contributed by atoms with E-state index in [0.29, 0.717) is 0 Å². The third-order valence-corrected chi connectivity index (χ3v) is 6.68. The van der Waals surface area contributed by atoms with Crippen molar-refractivity contribution in [3.05, 3.63) is 70.3 Å². The van der Waals surface area contributed by atoms with Crippen LogP contribution in [0.5, 0.6) is 0 Å². The highest BCUT2D eigenvalue weighted by Crippen LogP contribution is 2.26. The molecule has 5 heterocycles. The molecule has 34 heavy (non-hydrogen) atoms. The summed E-state index contributed by atoms with van der Waals surface area (Å²) in [5, 5.41) is 0. The van der Waals surface area contributed by atoms with Gasteiger partial charge in [-0.1, -0.05) is 39.5 Å². The second-order valence-electron chi connectivity index (χ2n) is 9.33. The monoisotopic (exact) mass is 450 g/mol. The molecule has 0 saturated heterocycles. The van der Waals surface area contributed by atoms with E-state index in [0.717, 1.165) is 57.7 Å². The van der Waals surface area contributed by atoms with Gasteiger partial charge in [0.1, 0.15) is 0 Å². The van der Waals surface area contributed by atoms with E-state index in [1.165, 1.54) is 49.7 Å². The fourth-order valence-corrected chi connectivity index (χ4v) is 4.82. The first-order valence-electron chi connectivity index (χ1n) is 12.8. The van der Waals surface area contributed by atoms with Gasteiger partial charge in [0.25, 0.3) is 0 Å². The Morgan fingerprint density at radius 3 is 1.56 bits per heavy atom. The Morgan fingerprint density at radius 1 is 0.588 bits per heavy atom. The van der Waals surface area contributed by atoms with Crippen molar-refractivity contribution < 1.29 is 0 Å². The molecular weight excluding hydrogens is 416 g/mol. The second-order valence-corrected chi connectivity index (χ2v) is 9.33. The van der Waals surface area contributed by atoms with Gasteiger partial charge >= 0.3 is 0 Å². The first kappa shape index (κ1) is 22.4. The van der Waals surface area contributed by atoms with Gasteiger partial charge in [-0.3, -0.25) is 0 Å². The molecule has 8 bridgehead atoms. The molecule has 2 aliphatic heterocycles. The van der Waals surface area contributed by atoms with Crippen LogP contribution in [-0.2, 0) is 12.8 Å². The summed E-state index contributed by atoms with van der Waals surface area (Å²) >= 11 is 0. The molecule has 0 saturated carbocycles. The molecule has 0 spiro atoms. The van der Waals surface area contributed by atoms with E-state index in [1.807, 2.05) is 0 Å². The number of fused-ring (bicyclic) bond motifs is 8. The number of hydrogen-bond donors (Lipinski definition) is 2. The van der Waals surface area contributed by atoms with Gasteiger partial charge < -0.3 is 9.97 Å². The van der Waals surface area contributed by atoms with Crippen LogP contribution in [0.25, 0.3) is 46.4 Å². The van der Waals surface area contributed by atoms with Crippen molar-refractivity contribution in [3.8, 4) is 0 Å². The summed E-state index contributed by atoms with van der Waals surface area (Å²) < 4.78 is 0. The van der Waals surface area contributed by atoms with Crippen molar-refractivity contribution in [1.29, 1.82) is 0 Å². The van der Waals surface area contributed by atoms with Crippen LogP contribution in [-0.4, -0.2) is 19.9 Å². The van der Waals surface area contributed by atoms with E-state index < -0.39 is 0 Å². The van der Waals surface area contributed by atoms with Crippen molar-refractivity contribution in [1.82, 2.24) is 19.9 Å². The Balaban J connectivity index is 1.77. The van der Waals surface area contributed by atoms with Crippen LogP contribution in [0, 0.1) is 0 Å². The van der Waals surface area contributed by atoms with Gasteiger partial charge in [0.15, 0.2) is 0 Å². The molecular formula is C30H34N4. The first-order chi connectivity index (χ1) is 16.7. The smallest absolute Gasteiger partial charge is 0.0690 e. The Hall–Kier alpha value is -3.40. The van der Waals surface area contributed by atoms with Crippen LogP contribution >= 0.6 is 0 Å². The first-order valence-corrected chi connectivity index (χ1v) is 12.8. The summed E-state index contributed by atoms with van der Waals surface area (Å²) in [5.74, 6) is 0. The van der Waals surface area contributed by atoms with Crippen molar-refractivity contribution in [3.63, 3.8) is 0 Å². The Morgan fingerprint density at radius 2 is 1.09 bits per heavy atom. The van der Waals surface area contributed by atoms with Gasteiger partial charge in [0.2, 0.25) is 0 Å². The summed E-state index contributed by atoms with van der Waals surface area (Å²) in [5.41, 5.74) is 11.2. The van der Waals surface area contributed by atoms with Gasteiger partial charge in [-0.05, 0) is 86.4 Å². The highest BCUT2D eigenvalue weighted by atomic mass is 14.8. The summed E-state index contributed by atoms with van der Waals surface area (Å²) in [6.45, 7) is 4.51. The third-order valence-electron chi connectivity index (χ3n) is 6.68. The molecule has 0 amide bonds. The van der Waals surface area contributed by atoms with Crippen LogP contribution in [0.15, 0.2) is 36.4 Å². The van der Waals surface area contributed by atoms with E-state index in [-0.39, 0.29) is 0 Å². The number of nitrogens with zero attached hydrogens (tertiary/aromatic N) is 2. The fraction of sp³-hybridized carbons (Fsp3) is 0.333. The van der Waals surface area contributed by atoms with Crippen LogP contribution in [0.4, 0.5) is 0 Å². The van der Waals surface area contributed by atoms with Gasteiger partial charge in [-0.25, -0.2) is 9.97 Å². The summed E-state index contributed by atoms with van der Waals surface area (Å²) in [6, 6.07) is 12.9. The molecule has 0 aliphatic carbocycles. The molecule has 174 valence electrons. The quantitative estimate of drug-likeness (QED) is 0.234. The molecule has 2 aliphatic rings. The third kappa shape index (κ3) is 4.91. The van der Waals surface area contributed by atoms with E-state index >= 15 is 0 Å². The summed E-state index contributed by atoms with van der Waals surface area (Å²) in [7, 11) is 0. The molecule has 4 heteroatoms. The van der Waals surface area contributed by atoms with Crippen LogP contribution < -0.4 is 0 Å². The van der Waals surface area contributed by atoms with E-state index in [2.05, 4.69) is 84.5 Å². The number of nitrogens with one attached hydrogen (secondary N) is 2. The lowest BCUT2D eigenvalue weighted by Crippen LogP contribution is -1.94. The average molecular weight is 451 g/mol. The number of H-pyrrole nitrogens is 2. The normalized spacial score (nSPS) is 12.5. The highest BCUT2D eigenvalue weighted by Gasteiger charge is 2.12. The maximum absolute atomic E-state index is 5.19. The minimum Gasteiger partial charge on any atom is -0.355 e. The molecule has 3 aromatic rings. The molecule has 2 N–H and O–H groups in total. The standard InChI is InChI=1S/C30H34N4/c1-3-5-7-9-25-27-15-13-23(32-27)19-21-11-12-22(31-21)20-24-14-16-28(33-24)26(10-8-6-4-2)30-18-17-29(25)34-30/h11-20,32-33H,3-10H2,1-2H3. The predicted molar refractivity (Wildman–Crippen MR) is 145 cm³/mol. The van der Waals surface area contributed by atoms with Gasteiger partial charge in [0.05, 0.1) is 22.8 Å². The topological polar surface area (TPSA) is 57.4 Å². The summed E-state index contributed by atoms with van der Waals surface area (Å²) in [6.07, 6.45) is 17.8. The molecule has 5 rings (SSSR count). The number of rotatable bonds is 8. The molecule has 4 nitrogen and oxygen atoms in total. The lowest BCUT2D eigenvalue weighted by atomic mass is 10.1. The lowest BCUT2D eigenvalue weighted by Gasteiger charge is -2.04. The van der Waals surface area contributed by atoms with Crippen molar-refractivity contribution >= 4 is 46.4 Å². The van der Waals surface area contributed by atoms with Crippen molar-refractivity contribution in [2.45, 2.75) is 65.2 Å². The molecule has 0 aromatic carbocycles. The molecule has 3 aromatic heterocycles. The average Bonchev–Trinajstić information content (AvgIpc) is 3.63. The number of aryl methyl sites for hydroxylation is 2. The van der Waals surface area contributed by atoms with E-state index in [4.69, 9.17) is 9.97 Å². The Bertz CT molecular complexity index is 1280. The maximum Gasteiger partial charge on any atom is 0.0690 e. The second kappa shape index (κ2) is 10.3. The lowest BCUT2D eigenvalue weighted by molar-refractivity contribution is 0.715. The van der Waals surface area contributed by atoms with Gasteiger partial charge in [-0.2, -0.15) is 0 Å². The maximum atomic E-state index is 5.19. The van der Waals surface area contributed by atoms with Crippen LogP contribution in [0.3, 0.4) is 0 Å². The zero-order valence-corrected chi connectivity index (χ0v) is 20.3. The van der Waals surface area contributed by atoms with Crippen molar-refractivity contribution in [2.75, 3.05) is 0 Å². The SMILES string of the molecule is CCCCCc1c2nc(c(CCCCC)c3ccc(cc4nc(cc5ccc1[nH]5)C=C4)[nH]3)C=C2. The largest absolute Gasteiger partial charge is 0.355 e. The van der Waals surface area contributed by atoms with Crippen LogP contribution in [0.2, 0.25) is 0 Å². The van der Waals surface area contributed by atoms with Crippen LogP contribution in [0.1, 0.15) is 86.3 Å². The van der Waals surface area contributed by atoms with Crippen molar-refractivity contribution in [2.24, 2.45) is 0 Å². The minimum atomic E-state index is 0.964. The Kier molecular flexibility index (Phi) is 6.75. The number of aromatic nitrogens is 4. The van der Waals surface area contributed by atoms with Gasteiger partial charge in [-0.15, -0.1) is 0 Å². The summed E-state index contributed by atoms with van der Waals surface area (Å²) in [4.78, 5) is 17.2. The molecule has 0 fully saturated rings. The van der Waals surface area contributed by atoms with Gasteiger partial charge in [0, 0.05) is 33.2 Å². The highest BCUT2D eigenvalue weighted by molar-refractivity contribution is 5.81. The predicted octanol–water partition coefficient (Wildman–Crippen LogP) is 8.12.